The molecule has 0 aromatic rings. The molecule has 1 nitrogen and oxygen atoms in total. The highest BCUT2D eigenvalue weighted by molar-refractivity contribution is 4.83. The third kappa shape index (κ3) is 2.48. The van der Waals surface area contributed by atoms with Crippen LogP contribution >= 0.6 is 0 Å². The smallest absolute Gasteiger partial charge is 0.00388 e. The lowest BCUT2D eigenvalue weighted by molar-refractivity contribution is 0.204. The molecule has 0 radical (unpaired) electrons. The summed E-state index contributed by atoms with van der Waals surface area (Å²) in [6.45, 7) is 7.44. The fourth-order valence-electron chi connectivity index (χ4n) is 1.76. The molecule has 0 spiro atoms. The standard InChI is InChI=1S/C11H21N/c1-9(2)12(7-10-3-4-10)8-11-5-6-11/h9-11H,3-8H2,1-2H3. The van der Waals surface area contributed by atoms with Crippen molar-refractivity contribution >= 4 is 0 Å². The van der Waals surface area contributed by atoms with E-state index in [2.05, 4.69) is 18.7 Å². The molecular formula is C11H21N. The highest BCUT2D eigenvalue weighted by atomic mass is 15.2. The van der Waals surface area contributed by atoms with Crippen molar-refractivity contribution in [3.63, 3.8) is 0 Å². The Kier molecular flexibility index (Phi) is 2.40. The van der Waals surface area contributed by atoms with Crippen molar-refractivity contribution in [3.8, 4) is 0 Å². The third-order valence-electron chi connectivity index (χ3n) is 3.11. The van der Waals surface area contributed by atoms with E-state index >= 15 is 0 Å². The topological polar surface area (TPSA) is 3.24 Å². The summed E-state index contributed by atoms with van der Waals surface area (Å²) in [5.41, 5.74) is 0. The van der Waals surface area contributed by atoms with Gasteiger partial charge in [-0.15, -0.1) is 0 Å². The summed E-state index contributed by atoms with van der Waals surface area (Å²) in [4.78, 5) is 2.69. The molecule has 0 aromatic carbocycles. The summed E-state index contributed by atoms with van der Waals surface area (Å²) in [6, 6.07) is 0.770. The van der Waals surface area contributed by atoms with Crippen LogP contribution in [0.3, 0.4) is 0 Å². The van der Waals surface area contributed by atoms with Crippen molar-refractivity contribution in [1.82, 2.24) is 4.90 Å². The highest BCUT2D eigenvalue weighted by Gasteiger charge is 2.29. The van der Waals surface area contributed by atoms with Gasteiger partial charge in [-0.3, -0.25) is 0 Å². The Labute approximate surface area is 76.1 Å². The van der Waals surface area contributed by atoms with E-state index in [4.69, 9.17) is 0 Å². The molecule has 0 N–H and O–H groups in total. The molecule has 2 aliphatic rings. The number of hydrogen-bond acceptors (Lipinski definition) is 1. The molecule has 0 unspecified atom stereocenters. The Hall–Kier alpha value is -0.0400. The Morgan fingerprint density at radius 2 is 1.42 bits per heavy atom. The second-order valence-electron chi connectivity index (χ2n) is 4.93. The molecule has 0 heterocycles. The van der Waals surface area contributed by atoms with E-state index < -0.39 is 0 Å². The Morgan fingerprint density at radius 3 is 1.67 bits per heavy atom. The largest absolute Gasteiger partial charge is 0.300 e. The third-order valence-corrected chi connectivity index (χ3v) is 3.11. The van der Waals surface area contributed by atoms with Gasteiger partial charge >= 0.3 is 0 Å². The summed E-state index contributed by atoms with van der Waals surface area (Å²) >= 11 is 0. The lowest BCUT2D eigenvalue weighted by atomic mass is 10.2. The van der Waals surface area contributed by atoms with Crippen LogP contribution in [0, 0.1) is 11.8 Å². The van der Waals surface area contributed by atoms with Gasteiger partial charge in [0.1, 0.15) is 0 Å². The minimum Gasteiger partial charge on any atom is -0.300 e. The molecule has 2 saturated carbocycles. The molecule has 70 valence electrons. The molecule has 0 bridgehead atoms. The van der Waals surface area contributed by atoms with Crippen LogP contribution in [0.25, 0.3) is 0 Å². The van der Waals surface area contributed by atoms with Gasteiger partial charge in [0, 0.05) is 19.1 Å². The average Bonchev–Trinajstić information content (AvgIpc) is 2.78. The Morgan fingerprint density at radius 1 is 1.00 bits per heavy atom. The maximum Gasteiger partial charge on any atom is 0.00388 e. The second kappa shape index (κ2) is 3.37. The Bertz CT molecular complexity index is 131. The van der Waals surface area contributed by atoms with Crippen LogP contribution in [-0.2, 0) is 0 Å². The lowest BCUT2D eigenvalue weighted by Gasteiger charge is -2.26. The van der Waals surface area contributed by atoms with Crippen LogP contribution in [-0.4, -0.2) is 24.0 Å². The van der Waals surface area contributed by atoms with Crippen molar-refractivity contribution in [2.24, 2.45) is 11.8 Å². The maximum atomic E-state index is 2.69. The van der Waals surface area contributed by atoms with Gasteiger partial charge in [0.2, 0.25) is 0 Å². The van der Waals surface area contributed by atoms with Gasteiger partial charge in [-0.1, -0.05) is 0 Å². The summed E-state index contributed by atoms with van der Waals surface area (Å²) in [5.74, 6) is 2.12. The molecule has 2 fully saturated rings. The first-order chi connectivity index (χ1) is 5.75. The summed E-state index contributed by atoms with van der Waals surface area (Å²) < 4.78 is 0. The number of nitrogens with zero attached hydrogens (tertiary/aromatic N) is 1. The van der Waals surface area contributed by atoms with Gasteiger partial charge < -0.3 is 4.90 Å². The predicted molar refractivity (Wildman–Crippen MR) is 52.2 cm³/mol. The van der Waals surface area contributed by atoms with E-state index in [0.29, 0.717) is 0 Å². The van der Waals surface area contributed by atoms with E-state index in [1.165, 1.54) is 38.8 Å². The minimum atomic E-state index is 0.770. The zero-order chi connectivity index (χ0) is 8.55. The molecule has 2 rings (SSSR count). The summed E-state index contributed by atoms with van der Waals surface area (Å²) in [5, 5.41) is 0. The molecule has 2 aliphatic carbocycles. The SMILES string of the molecule is CC(C)N(CC1CC1)CC1CC1. The van der Waals surface area contributed by atoms with Crippen LogP contribution < -0.4 is 0 Å². The molecule has 0 saturated heterocycles. The first kappa shape index (κ1) is 8.55. The van der Waals surface area contributed by atoms with Gasteiger partial charge in [-0.25, -0.2) is 0 Å². The molecule has 0 atom stereocenters. The first-order valence-electron chi connectivity index (χ1n) is 5.49. The lowest BCUT2D eigenvalue weighted by Crippen LogP contribution is -2.34. The monoisotopic (exact) mass is 167 g/mol. The van der Waals surface area contributed by atoms with Gasteiger partial charge in [-0.2, -0.15) is 0 Å². The maximum absolute atomic E-state index is 2.69. The molecule has 1 heteroatoms. The van der Waals surface area contributed by atoms with Gasteiger partial charge in [0.05, 0.1) is 0 Å². The summed E-state index contributed by atoms with van der Waals surface area (Å²) in [7, 11) is 0. The normalized spacial score (nSPS) is 24.0. The van der Waals surface area contributed by atoms with Gasteiger partial charge in [0.15, 0.2) is 0 Å². The van der Waals surface area contributed by atoms with Gasteiger partial charge in [0.25, 0.3) is 0 Å². The zero-order valence-electron chi connectivity index (χ0n) is 8.42. The number of hydrogen-bond donors (Lipinski definition) is 0. The fourth-order valence-corrected chi connectivity index (χ4v) is 1.76. The molecule has 0 aliphatic heterocycles. The highest BCUT2D eigenvalue weighted by Crippen LogP contribution is 2.34. The first-order valence-corrected chi connectivity index (χ1v) is 5.49. The zero-order valence-corrected chi connectivity index (χ0v) is 8.42. The predicted octanol–water partition coefficient (Wildman–Crippen LogP) is 2.52. The summed E-state index contributed by atoms with van der Waals surface area (Å²) in [6.07, 6.45) is 5.98. The van der Waals surface area contributed by atoms with Crippen LogP contribution in [0.5, 0.6) is 0 Å². The second-order valence-corrected chi connectivity index (χ2v) is 4.93. The van der Waals surface area contributed by atoms with Crippen molar-refractivity contribution < 1.29 is 0 Å². The van der Waals surface area contributed by atoms with Gasteiger partial charge in [-0.05, 0) is 51.4 Å². The quantitative estimate of drug-likeness (QED) is 0.608. The van der Waals surface area contributed by atoms with E-state index in [-0.39, 0.29) is 0 Å². The average molecular weight is 167 g/mol. The molecule has 0 aromatic heterocycles. The van der Waals surface area contributed by atoms with Crippen LogP contribution in [0.2, 0.25) is 0 Å². The number of rotatable bonds is 5. The molecule has 12 heavy (non-hydrogen) atoms. The van der Waals surface area contributed by atoms with Crippen molar-refractivity contribution in [2.45, 2.75) is 45.6 Å². The van der Waals surface area contributed by atoms with Crippen LogP contribution in [0.1, 0.15) is 39.5 Å². The van der Waals surface area contributed by atoms with E-state index in [1.807, 2.05) is 0 Å². The van der Waals surface area contributed by atoms with E-state index in [1.54, 1.807) is 0 Å². The fraction of sp³-hybridized carbons (Fsp3) is 1.00. The van der Waals surface area contributed by atoms with E-state index in [0.717, 1.165) is 17.9 Å². The van der Waals surface area contributed by atoms with E-state index in [9.17, 15) is 0 Å². The molecular weight excluding hydrogens is 146 g/mol. The van der Waals surface area contributed by atoms with Crippen molar-refractivity contribution in [1.29, 1.82) is 0 Å². The van der Waals surface area contributed by atoms with Crippen LogP contribution in [0.15, 0.2) is 0 Å². The Balaban J connectivity index is 1.74. The van der Waals surface area contributed by atoms with Crippen LogP contribution in [0.4, 0.5) is 0 Å². The molecule has 0 amide bonds. The minimum absolute atomic E-state index is 0.770. The van der Waals surface area contributed by atoms with Crippen molar-refractivity contribution in [3.05, 3.63) is 0 Å². The van der Waals surface area contributed by atoms with Crippen molar-refractivity contribution in [2.75, 3.05) is 13.1 Å².